The van der Waals surface area contributed by atoms with Gasteiger partial charge in [0.15, 0.2) is 5.96 Å². The van der Waals surface area contributed by atoms with Crippen molar-refractivity contribution in [3.63, 3.8) is 0 Å². The van der Waals surface area contributed by atoms with Crippen molar-refractivity contribution >= 4 is 5.96 Å². The Morgan fingerprint density at radius 3 is 2.56 bits per heavy atom. The topological polar surface area (TPSA) is 55.3 Å². The van der Waals surface area contributed by atoms with Crippen LogP contribution in [0.5, 0.6) is 11.5 Å². The summed E-state index contributed by atoms with van der Waals surface area (Å²) in [6.45, 7) is 4.11. The Labute approximate surface area is 151 Å². The van der Waals surface area contributed by atoms with Gasteiger partial charge >= 0.3 is 0 Å². The SMILES string of the molecule is CN=C(NCCOc1ccc(OC)cc1)N(C)CCC1CCOCC1. The van der Waals surface area contributed by atoms with E-state index in [9.17, 15) is 0 Å². The van der Waals surface area contributed by atoms with E-state index in [1.807, 2.05) is 31.3 Å². The van der Waals surface area contributed by atoms with Crippen LogP contribution in [0.15, 0.2) is 29.3 Å². The summed E-state index contributed by atoms with van der Waals surface area (Å²) in [5.74, 6) is 3.35. The quantitative estimate of drug-likeness (QED) is 0.444. The van der Waals surface area contributed by atoms with E-state index in [1.54, 1.807) is 7.11 Å². The first-order chi connectivity index (χ1) is 12.2. The minimum Gasteiger partial charge on any atom is -0.497 e. The van der Waals surface area contributed by atoms with E-state index >= 15 is 0 Å². The van der Waals surface area contributed by atoms with Crippen LogP contribution in [0, 0.1) is 5.92 Å². The molecule has 0 bridgehead atoms. The van der Waals surface area contributed by atoms with E-state index in [2.05, 4.69) is 22.3 Å². The van der Waals surface area contributed by atoms with Gasteiger partial charge in [-0.3, -0.25) is 4.99 Å². The summed E-state index contributed by atoms with van der Waals surface area (Å²) in [5.41, 5.74) is 0. The van der Waals surface area contributed by atoms with Crippen LogP contribution in [-0.4, -0.2) is 65.0 Å². The number of methoxy groups -OCH3 is 1. The number of nitrogens with one attached hydrogen (secondary N) is 1. The van der Waals surface area contributed by atoms with Crippen LogP contribution in [0.4, 0.5) is 0 Å². The van der Waals surface area contributed by atoms with Crippen molar-refractivity contribution in [1.29, 1.82) is 0 Å². The monoisotopic (exact) mass is 349 g/mol. The van der Waals surface area contributed by atoms with Gasteiger partial charge in [-0.25, -0.2) is 0 Å². The summed E-state index contributed by atoms with van der Waals surface area (Å²) < 4.78 is 16.3. The predicted molar refractivity (Wildman–Crippen MR) is 101 cm³/mol. The Balaban J connectivity index is 1.64. The summed E-state index contributed by atoms with van der Waals surface area (Å²) >= 11 is 0. The van der Waals surface area contributed by atoms with Gasteiger partial charge in [-0.15, -0.1) is 0 Å². The van der Waals surface area contributed by atoms with Crippen molar-refractivity contribution in [2.45, 2.75) is 19.3 Å². The van der Waals surface area contributed by atoms with Gasteiger partial charge in [0, 0.05) is 33.9 Å². The summed E-state index contributed by atoms with van der Waals surface area (Å²) in [7, 11) is 5.56. The third-order valence-corrected chi connectivity index (χ3v) is 4.50. The maximum Gasteiger partial charge on any atom is 0.193 e. The van der Waals surface area contributed by atoms with Crippen LogP contribution in [0.2, 0.25) is 0 Å². The molecule has 0 radical (unpaired) electrons. The molecular weight excluding hydrogens is 318 g/mol. The number of guanidine groups is 1. The molecule has 1 N–H and O–H groups in total. The van der Waals surface area contributed by atoms with Crippen molar-refractivity contribution in [3.05, 3.63) is 24.3 Å². The average Bonchev–Trinajstić information content (AvgIpc) is 2.67. The Morgan fingerprint density at radius 2 is 1.92 bits per heavy atom. The van der Waals surface area contributed by atoms with Gasteiger partial charge in [0.05, 0.1) is 13.7 Å². The highest BCUT2D eigenvalue weighted by atomic mass is 16.5. The molecule has 1 aliphatic heterocycles. The molecule has 0 aromatic heterocycles. The number of ether oxygens (including phenoxy) is 3. The zero-order chi connectivity index (χ0) is 17.9. The fourth-order valence-corrected chi connectivity index (χ4v) is 2.91. The Hall–Kier alpha value is -1.95. The van der Waals surface area contributed by atoms with Crippen LogP contribution in [0.1, 0.15) is 19.3 Å². The molecule has 1 aromatic rings. The lowest BCUT2D eigenvalue weighted by Gasteiger charge is -2.26. The van der Waals surface area contributed by atoms with Gasteiger partial charge in [0.1, 0.15) is 18.1 Å². The second-order valence-corrected chi connectivity index (χ2v) is 6.26. The summed E-state index contributed by atoms with van der Waals surface area (Å²) in [6, 6.07) is 7.61. The first-order valence-electron chi connectivity index (χ1n) is 8.99. The van der Waals surface area contributed by atoms with Gasteiger partial charge in [-0.2, -0.15) is 0 Å². The van der Waals surface area contributed by atoms with E-state index < -0.39 is 0 Å². The second-order valence-electron chi connectivity index (χ2n) is 6.26. The normalized spacial score (nSPS) is 15.7. The lowest BCUT2D eigenvalue weighted by molar-refractivity contribution is 0.0625. The molecule has 0 saturated carbocycles. The standard InChI is InChI=1S/C19H31N3O3/c1-20-19(22(2)12-8-16-9-13-24-14-10-16)21-11-15-25-18-6-4-17(23-3)5-7-18/h4-7,16H,8-15H2,1-3H3,(H,20,21). The zero-order valence-corrected chi connectivity index (χ0v) is 15.7. The van der Waals surface area contributed by atoms with Crippen LogP contribution in [0.25, 0.3) is 0 Å². The molecule has 0 atom stereocenters. The van der Waals surface area contributed by atoms with Gasteiger partial charge in [-0.1, -0.05) is 0 Å². The largest absolute Gasteiger partial charge is 0.497 e. The number of hydrogen-bond acceptors (Lipinski definition) is 4. The number of benzene rings is 1. The molecule has 6 heteroatoms. The maximum atomic E-state index is 5.73. The van der Waals surface area contributed by atoms with E-state index in [4.69, 9.17) is 14.2 Å². The molecule has 1 aliphatic rings. The molecule has 0 spiro atoms. The molecule has 0 unspecified atom stereocenters. The zero-order valence-electron chi connectivity index (χ0n) is 15.7. The van der Waals surface area contributed by atoms with Gasteiger partial charge < -0.3 is 24.4 Å². The summed E-state index contributed by atoms with van der Waals surface area (Å²) in [6.07, 6.45) is 3.54. The number of aliphatic imine (C=N–C) groups is 1. The predicted octanol–water partition coefficient (Wildman–Crippen LogP) is 2.40. The first kappa shape index (κ1) is 19.4. The molecule has 1 saturated heterocycles. The second kappa shape index (κ2) is 10.8. The van der Waals surface area contributed by atoms with E-state index in [0.717, 1.165) is 43.1 Å². The first-order valence-corrected chi connectivity index (χ1v) is 8.99. The van der Waals surface area contributed by atoms with Crippen LogP contribution in [0.3, 0.4) is 0 Å². The van der Waals surface area contributed by atoms with Gasteiger partial charge in [0.25, 0.3) is 0 Å². The fourth-order valence-electron chi connectivity index (χ4n) is 2.91. The van der Waals surface area contributed by atoms with Gasteiger partial charge in [0.2, 0.25) is 0 Å². The third kappa shape index (κ3) is 6.82. The lowest BCUT2D eigenvalue weighted by Crippen LogP contribution is -2.41. The fraction of sp³-hybridized carbons (Fsp3) is 0.632. The molecule has 1 aromatic carbocycles. The van der Waals surface area contributed by atoms with Crippen LogP contribution >= 0.6 is 0 Å². The smallest absolute Gasteiger partial charge is 0.193 e. The van der Waals surface area contributed by atoms with Crippen molar-refractivity contribution in [2.75, 3.05) is 54.1 Å². The summed E-state index contributed by atoms with van der Waals surface area (Å²) in [5, 5.41) is 3.35. The highest BCUT2D eigenvalue weighted by Gasteiger charge is 2.15. The maximum absolute atomic E-state index is 5.73. The van der Waals surface area contributed by atoms with E-state index in [1.165, 1.54) is 19.3 Å². The number of hydrogen-bond donors (Lipinski definition) is 1. The highest BCUT2D eigenvalue weighted by molar-refractivity contribution is 5.79. The molecule has 2 rings (SSSR count). The molecule has 140 valence electrons. The molecule has 0 amide bonds. The Kier molecular flexibility index (Phi) is 8.39. The van der Waals surface area contributed by atoms with Crippen LogP contribution in [-0.2, 0) is 4.74 Å². The van der Waals surface area contributed by atoms with Gasteiger partial charge in [-0.05, 0) is 49.4 Å². The van der Waals surface area contributed by atoms with Crippen molar-refractivity contribution in [2.24, 2.45) is 10.9 Å². The van der Waals surface area contributed by atoms with E-state index in [0.29, 0.717) is 13.2 Å². The molecular formula is C19H31N3O3. The molecule has 1 fully saturated rings. The lowest BCUT2D eigenvalue weighted by atomic mass is 9.96. The Morgan fingerprint density at radius 1 is 1.24 bits per heavy atom. The van der Waals surface area contributed by atoms with Crippen molar-refractivity contribution in [3.8, 4) is 11.5 Å². The average molecular weight is 349 g/mol. The van der Waals surface area contributed by atoms with Crippen LogP contribution < -0.4 is 14.8 Å². The number of rotatable bonds is 8. The minimum absolute atomic E-state index is 0.582. The third-order valence-electron chi connectivity index (χ3n) is 4.50. The number of nitrogens with zero attached hydrogens (tertiary/aromatic N) is 2. The molecule has 1 heterocycles. The molecule has 25 heavy (non-hydrogen) atoms. The molecule has 6 nitrogen and oxygen atoms in total. The van der Waals surface area contributed by atoms with Crippen molar-refractivity contribution < 1.29 is 14.2 Å². The van der Waals surface area contributed by atoms with E-state index in [-0.39, 0.29) is 0 Å². The van der Waals surface area contributed by atoms with Crippen molar-refractivity contribution in [1.82, 2.24) is 10.2 Å². The minimum atomic E-state index is 0.582. The highest BCUT2D eigenvalue weighted by Crippen LogP contribution is 2.18. The summed E-state index contributed by atoms with van der Waals surface area (Å²) in [4.78, 5) is 6.54. The Bertz CT molecular complexity index is 513. The molecule has 0 aliphatic carbocycles.